The van der Waals surface area contributed by atoms with E-state index in [4.69, 9.17) is 5.26 Å². The van der Waals surface area contributed by atoms with E-state index in [0.717, 1.165) is 42.7 Å². The van der Waals surface area contributed by atoms with Crippen LogP contribution in [0.15, 0.2) is 24.3 Å². The van der Waals surface area contributed by atoms with E-state index >= 15 is 0 Å². The molecule has 3 rings (SSSR count). The van der Waals surface area contributed by atoms with Gasteiger partial charge in [0.25, 0.3) is 0 Å². The first-order valence-electron chi connectivity index (χ1n) is 6.32. The minimum Gasteiger partial charge on any atom is -0.337 e. The monoisotopic (exact) mass is 271 g/mol. The van der Waals surface area contributed by atoms with Gasteiger partial charge in [-0.05, 0) is 43.0 Å². The highest BCUT2D eigenvalue weighted by molar-refractivity contribution is 5.64. The van der Waals surface area contributed by atoms with Gasteiger partial charge in [0.15, 0.2) is 0 Å². The van der Waals surface area contributed by atoms with Crippen molar-refractivity contribution in [2.24, 2.45) is 0 Å². The topological polar surface area (TPSA) is 48.7 Å². The second-order valence-corrected chi connectivity index (χ2v) is 4.70. The molecule has 1 aromatic carbocycles. The fourth-order valence-corrected chi connectivity index (χ4v) is 2.37. The molecule has 1 N–H and O–H groups in total. The number of nitrogens with zero attached hydrogens (tertiary/aromatic N) is 2. The zero-order valence-corrected chi connectivity index (χ0v) is 10.6. The normalized spacial score (nSPS) is 12.8. The highest BCUT2D eigenvalue weighted by Crippen LogP contribution is 2.27. The number of halogens is 2. The SMILES string of the molecule is N#Cc1cc2c(nc1Nc1ccc(F)cc1F)CCC2. The largest absolute Gasteiger partial charge is 0.337 e. The molecule has 0 spiro atoms. The van der Waals surface area contributed by atoms with Crippen LogP contribution in [0.25, 0.3) is 0 Å². The van der Waals surface area contributed by atoms with Crippen LogP contribution in [-0.4, -0.2) is 4.98 Å². The molecule has 1 heterocycles. The number of aryl methyl sites for hydroxylation is 2. The van der Waals surface area contributed by atoms with Gasteiger partial charge in [-0.1, -0.05) is 0 Å². The summed E-state index contributed by atoms with van der Waals surface area (Å²) in [5.74, 6) is -1.04. The molecular weight excluding hydrogens is 260 g/mol. The summed E-state index contributed by atoms with van der Waals surface area (Å²) in [6, 6.07) is 7.09. The van der Waals surface area contributed by atoms with Gasteiger partial charge < -0.3 is 5.32 Å². The maximum atomic E-state index is 13.6. The van der Waals surface area contributed by atoms with Crippen LogP contribution in [0.1, 0.15) is 23.2 Å². The second-order valence-electron chi connectivity index (χ2n) is 4.70. The first-order chi connectivity index (χ1) is 9.67. The molecule has 1 aliphatic rings. The number of fused-ring (bicyclic) bond motifs is 1. The molecule has 0 aliphatic heterocycles. The van der Waals surface area contributed by atoms with Crippen molar-refractivity contribution in [2.45, 2.75) is 19.3 Å². The number of benzene rings is 1. The lowest BCUT2D eigenvalue weighted by molar-refractivity contribution is 0.586. The van der Waals surface area contributed by atoms with Crippen LogP contribution in [0.5, 0.6) is 0 Å². The van der Waals surface area contributed by atoms with E-state index in [1.807, 2.05) is 0 Å². The average molecular weight is 271 g/mol. The Kier molecular flexibility index (Phi) is 3.07. The number of nitrogens with one attached hydrogen (secondary N) is 1. The average Bonchev–Trinajstić information content (AvgIpc) is 2.88. The van der Waals surface area contributed by atoms with Crippen molar-refractivity contribution in [1.82, 2.24) is 4.98 Å². The van der Waals surface area contributed by atoms with Crippen LogP contribution in [0.3, 0.4) is 0 Å². The summed E-state index contributed by atoms with van der Waals surface area (Å²) in [5.41, 5.74) is 2.49. The number of hydrogen-bond acceptors (Lipinski definition) is 3. The van der Waals surface area contributed by atoms with Gasteiger partial charge in [-0.15, -0.1) is 0 Å². The third kappa shape index (κ3) is 2.21. The van der Waals surface area contributed by atoms with Crippen LogP contribution in [0.2, 0.25) is 0 Å². The standard InChI is InChI=1S/C15H11F2N3/c16-11-4-5-14(12(17)7-11)20-15-10(8-18)6-9-2-1-3-13(9)19-15/h4-7H,1-3H2,(H,19,20). The van der Waals surface area contributed by atoms with Crippen molar-refractivity contribution in [1.29, 1.82) is 5.26 Å². The lowest BCUT2D eigenvalue weighted by atomic mass is 10.1. The molecule has 20 heavy (non-hydrogen) atoms. The van der Waals surface area contributed by atoms with Gasteiger partial charge >= 0.3 is 0 Å². The summed E-state index contributed by atoms with van der Waals surface area (Å²) in [6.45, 7) is 0. The van der Waals surface area contributed by atoms with Gasteiger partial charge in [0.05, 0.1) is 11.3 Å². The van der Waals surface area contributed by atoms with Gasteiger partial charge in [0.2, 0.25) is 0 Å². The van der Waals surface area contributed by atoms with Gasteiger partial charge in [0.1, 0.15) is 23.5 Å². The molecule has 100 valence electrons. The summed E-state index contributed by atoms with van der Waals surface area (Å²) in [7, 11) is 0. The second kappa shape index (κ2) is 4.89. The molecule has 0 saturated carbocycles. The molecule has 1 aromatic heterocycles. The van der Waals surface area contributed by atoms with Crippen LogP contribution >= 0.6 is 0 Å². The molecule has 0 unspecified atom stereocenters. The van der Waals surface area contributed by atoms with Gasteiger partial charge in [-0.2, -0.15) is 5.26 Å². The predicted octanol–water partition coefficient (Wildman–Crippen LogP) is 3.46. The smallest absolute Gasteiger partial charge is 0.149 e. The Balaban J connectivity index is 2.00. The number of aromatic nitrogens is 1. The zero-order chi connectivity index (χ0) is 14.1. The van der Waals surface area contributed by atoms with Crippen LogP contribution in [0.4, 0.5) is 20.3 Å². The minimum atomic E-state index is -0.712. The first-order valence-corrected chi connectivity index (χ1v) is 6.32. The van der Waals surface area contributed by atoms with Gasteiger partial charge in [-0.25, -0.2) is 13.8 Å². The fourth-order valence-electron chi connectivity index (χ4n) is 2.37. The summed E-state index contributed by atoms with van der Waals surface area (Å²) in [4.78, 5) is 4.39. The quantitative estimate of drug-likeness (QED) is 0.909. The Labute approximate surface area is 114 Å². The Morgan fingerprint density at radius 2 is 2.05 bits per heavy atom. The van der Waals surface area contributed by atoms with E-state index in [1.54, 1.807) is 6.07 Å². The van der Waals surface area contributed by atoms with E-state index in [2.05, 4.69) is 16.4 Å². The van der Waals surface area contributed by atoms with Crippen molar-refractivity contribution in [3.63, 3.8) is 0 Å². The van der Waals surface area contributed by atoms with Gasteiger partial charge in [-0.3, -0.25) is 0 Å². The Bertz CT molecular complexity index is 720. The highest BCUT2D eigenvalue weighted by Gasteiger charge is 2.17. The van der Waals surface area contributed by atoms with Crippen molar-refractivity contribution >= 4 is 11.5 Å². The number of rotatable bonds is 2. The summed E-state index contributed by atoms with van der Waals surface area (Å²) >= 11 is 0. The number of hydrogen-bond donors (Lipinski definition) is 1. The molecule has 2 aromatic rings. The van der Waals surface area contributed by atoms with E-state index in [1.165, 1.54) is 6.07 Å². The van der Waals surface area contributed by atoms with Crippen molar-refractivity contribution in [3.05, 3.63) is 52.7 Å². The molecule has 0 amide bonds. The van der Waals surface area contributed by atoms with E-state index in [0.29, 0.717) is 11.4 Å². The maximum Gasteiger partial charge on any atom is 0.149 e. The molecule has 0 fully saturated rings. The molecule has 0 atom stereocenters. The van der Waals surface area contributed by atoms with E-state index in [9.17, 15) is 8.78 Å². The van der Waals surface area contributed by atoms with Crippen molar-refractivity contribution in [2.75, 3.05) is 5.32 Å². The molecule has 0 bridgehead atoms. The van der Waals surface area contributed by atoms with E-state index < -0.39 is 11.6 Å². The lowest BCUT2D eigenvalue weighted by Gasteiger charge is -2.10. The number of anilines is 2. The number of pyridine rings is 1. The highest BCUT2D eigenvalue weighted by atomic mass is 19.1. The minimum absolute atomic E-state index is 0.105. The van der Waals surface area contributed by atoms with Crippen LogP contribution < -0.4 is 5.32 Å². The molecule has 5 heteroatoms. The summed E-state index contributed by atoms with van der Waals surface area (Å²) < 4.78 is 26.5. The number of nitriles is 1. The Morgan fingerprint density at radius 3 is 2.80 bits per heavy atom. The molecule has 3 nitrogen and oxygen atoms in total. The van der Waals surface area contributed by atoms with Gasteiger partial charge in [0, 0.05) is 11.8 Å². The Morgan fingerprint density at radius 1 is 1.20 bits per heavy atom. The lowest BCUT2D eigenvalue weighted by Crippen LogP contribution is -2.02. The molecule has 0 saturated heterocycles. The van der Waals surface area contributed by atoms with Crippen molar-refractivity contribution in [3.8, 4) is 6.07 Å². The molecular formula is C15H11F2N3. The van der Waals surface area contributed by atoms with Crippen molar-refractivity contribution < 1.29 is 8.78 Å². The Hall–Kier alpha value is -2.48. The third-order valence-corrected chi connectivity index (χ3v) is 3.36. The summed E-state index contributed by atoms with van der Waals surface area (Å²) in [5, 5.41) is 11.9. The molecule has 1 aliphatic carbocycles. The maximum absolute atomic E-state index is 13.6. The molecule has 0 radical (unpaired) electrons. The predicted molar refractivity (Wildman–Crippen MR) is 70.6 cm³/mol. The zero-order valence-electron chi connectivity index (χ0n) is 10.6. The third-order valence-electron chi connectivity index (χ3n) is 3.36. The first kappa shape index (κ1) is 12.5. The summed E-state index contributed by atoms with van der Waals surface area (Å²) in [6.07, 6.45) is 2.80. The van der Waals surface area contributed by atoms with Crippen LogP contribution in [-0.2, 0) is 12.8 Å². The fraction of sp³-hybridized carbons (Fsp3) is 0.200. The van der Waals surface area contributed by atoms with E-state index in [-0.39, 0.29) is 5.69 Å². The van der Waals surface area contributed by atoms with Crippen LogP contribution in [0, 0.1) is 23.0 Å².